The average Bonchev–Trinajstić information content (AvgIpc) is 2.62. The van der Waals surface area contributed by atoms with E-state index in [4.69, 9.17) is 0 Å². The van der Waals surface area contributed by atoms with Gasteiger partial charge in [-0.25, -0.2) is 0 Å². The van der Waals surface area contributed by atoms with Crippen molar-refractivity contribution < 1.29 is 5.11 Å². The highest BCUT2D eigenvalue weighted by atomic mass is 16.3. The number of aliphatic hydroxyl groups excluding tert-OH is 1. The normalized spacial score (nSPS) is 33.0. The van der Waals surface area contributed by atoms with Gasteiger partial charge in [0.15, 0.2) is 0 Å². The topological polar surface area (TPSA) is 32.3 Å². The fourth-order valence-electron chi connectivity index (χ4n) is 3.84. The molecule has 0 aromatic carbocycles. The molecule has 0 aromatic heterocycles. The van der Waals surface area contributed by atoms with Crippen LogP contribution in [0.3, 0.4) is 0 Å². The first-order valence-electron chi connectivity index (χ1n) is 8.10. The van der Waals surface area contributed by atoms with Crippen LogP contribution < -0.4 is 5.32 Å². The van der Waals surface area contributed by atoms with Gasteiger partial charge in [-0.05, 0) is 31.6 Å². The van der Waals surface area contributed by atoms with Gasteiger partial charge >= 0.3 is 0 Å². The van der Waals surface area contributed by atoms with Gasteiger partial charge in [-0.2, -0.15) is 0 Å². The Balaban J connectivity index is 1.84. The first kappa shape index (κ1) is 14.3. The smallest absolute Gasteiger partial charge is 0.0499 e. The standard InChI is InChI=1S/C16H31NO/c1-14-8-4-2-5-9-15(14)17-12-16(13-18)10-6-3-7-11-16/h14-15,17-18H,2-13H2,1H3. The van der Waals surface area contributed by atoms with Gasteiger partial charge in [0, 0.05) is 24.6 Å². The zero-order valence-electron chi connectivity index (χ0n) is 12.1. The third kappa shape index (κ3) is 3.71. The second kappa shape index (κ2) is 6.91. The van der Waals surface area contributed by atoms with Crippen molar-refractivity contribution in [3.63, 3.8) is 0 Å². The van der Waals surface area contributed by atoms with Gasteiger partial charge < -0.3 is 10.4 Å². The summed E-state index contributed by atoms with van der Waals surface area (Å²) in [7, 11) is 0. The minimum Gasteiger partial charge on any atom is -0.396 e. The van der Waals surface area contributed by atoms with Crippen molar-refractivity contribution in [2.45, 2.75) is 77.2 Å². The van der Waals surface area contributed by atoms with Gasteiger partial charge in [0.1, 0.15) is 0 Å². The second-order valence-corrected chi connectivity index (χ2v) is 6.82. The molecule has 0 heterocycles. The molecule has 2 saturated carbocycles. The number of aliphatic hydroxyl groups is 1. The van der Waals surface area contributed by atoms with Crippen molar-refractivity contribution >= 4 is 0 Å². The Hall–Kier alpha value is -0.0800. The zero-order chi connectivity index (χ0) is 12.8. The van der Waals surface area contributed by atoms with Gasteiger partial charge in [-0.3, -0.25) is 0 Å². The molecule has 0 aliphatic heterocycles. The fourth-order valence-corrected chi connectivity index (χ4v) is 3.84. The molecule has 0 aromatic rings. The Morgan fingerprint density at radius 1 is 1.00 bits per heavy atom. The number of hydrogen-bond donors (Lipinski definition) is 2. The van der Waals surface area contributed by atoms with Gasteiger partial charge in [0.25, 0.3) is 0 Å². The predicted octanol–water partition coefficient (Wildman–Crippen LogP) is 3.49. The molecule has 0 saturated heterocycles. The highest BCUT2D eigenvalue weighted by molar-refractivity contribution is 4.87. The van der Waals surface area contributed by atoms with Crippen molar-refractivity contribution in [1.82, 2.24) is 5.32 Å². The maximum atomic E-state index is 9.75. The lowest BCUT2D eigenvalue weighted by molar-refractivity contribution is 0.0755. The predicted molar refractivity (Wildman–Crippen MR) is 76.6 cm³/mol. The van der Waals surface area contributed by atoms with E-state index in [2.05, 4.69) is 12.2 Å². The second-order valence-electron chi connectivity index (χ2n) is 6.82. The van der Waals surface area contributed by atoms with Crippen LogP contribution in [-0.4, -0.2) is 24.3 Å². The molecule has 0 bridgehead atoms. The zero-order valence-corrected chi connectivity index (χ0v) is 12.1. The summed E-state index contributed by atoms with van der Waals surface area (Å²) in [4.78, 5) is 0. The van der Waals surface area contributed by atoms with Gasteiger partial charge in [-0.1, -0.05) is 45.4 Å². The Kier molecular flexibility index (Phi) is 5.50. The van der Waals surface area contributed by atoms with E-state index >= 15 is 0 Å². The summed E-state index contributed by atoms with van der Waals surface area (Å²) < 4.78 is 0. The molecule has 2 atom stereocenters. The molecule has 2 aliphatic carbocycles. The van der Waals surface area contributed by atoms with Crippen molar-refractivity contribution in [1.29, 1.82) is 0 Å². The van der Waals surface area contributed by atoms with Crippen LogP contribution in [-0.2, 0) is 0 Å². The Bertz CT molecular complexity index is 235. The molecule has 106 valence electrons. The molecule has 2 fully saturated rings. The molecule has 0 spiro atoms. The quantitative estimate of drug-likeness (QED) is 0.752. The lowest BCUT2D eigenvalue weighted by Gasteiger charge is -2.38. The summed E-state index contributed by atoms with van der Waals surface area (Å²) in [6.07, 6.45) is 13.3. The number of nitrogens with one attached hydrogen (secondary N) is 1. The molecular weight excluding hydrogens is 222 g/mol. The highest BCUT2D eigenvalue weighted by Gasteiger charge is 2.32. The Morgan fingerprint density at radius 2 is 1.67 bits per heavy atom. The van der Waals surface area contributed by atoms with E-state index in [-0.39, 0.29) is 5.41 Å². The molecule has 2 N–H and O–H groups in total. The molecule has 2 unspecified atom stereocenters. The van der Waals surface area contributed by atoms with Crippen molar-refractivity contribution in [2.24, 2.45) is 11.3 Å². The maximum Gasteiger partial charge on any atom is 0.0499 e. The van der Waals surface area contributed by atoms with E-state index in [1.165, 1.54) is 64.2 Å². The maximum absolute atomic E-state index is 9.75. The summed E-state index contributed by atoms with van der Waals surface area (Å²) >= 11 is 0. The highest BCUT2D eigenvalue weighted by Crippen LogP contribution is 2.35. The van der Waals surface area contributed by atoms with Gasteiger partial charge in [-0.15, -0.1) is 0 Å². The third-order valence-corrected chi connectivity index (χ3v) is 5.35. The molecule has 2 aliphatic rings. The SMILES string of the molecule is CC1CCCCCC1NCC1(CO)CCCCC1. The van der Waals surface area contributed by atoms with E-state index in [1.807, 2.05) is 0 Å². The third-order valence-electron chi connectivity index (χ3n) is 5.35. The first-order chi connectivity index (χ1) is 8.76. The molecule has 0 radical (unpaired) electrons. The summed E-state index contributed by atoms with van der Waals surface area (Å²) in [5, 5.41) is 13.6. The Labute approximate surface area is 113 Å². The van der Waals surface area contributed by atoms with Gasteiger partial charge in [0.2, 0.25) is 0 Å². The van der Waals surface area contributed by atoms with Crippen LogP contribution in [0.2, 0.25) is 0 Å². The minimum absolute atomic E-state index is 0.199. The van der Waals surface area contributed by atoms with Crippen molar-refractivity contribution in [3.8, 4) is 0 Å². The van der Waals surface area contributed by atoms with Crippen molar-refractivity contribution in [2.75, 3.05) is 13.2 Å². The summed E-state index contributed by atoms with van der Waals surface area (Å²) in [5.41, 5.74) is 0.199. The summed E-state index contributed by atoms with van der Waals surface area (Å²) in [6.45, 7) is 3.81. The largest absolute Gasteiger partial charge is 0.396 e. The van der Waals surface area contributed by atoms with E-state index < -0.39 is 0 Å². The van der Waals surface area contributed by atoms with Crippen LogP contribution in [0.15, 0.2) is 0 Å². The number of hydrogen-bond acceptors (Lipinski definition) is 2. The van der Waals surface area contributed by atoms with Crippen LogP contribution in [0.1, 0.15) is 71.1 Å². The molecule has 2 heteroatoms. The first-order valence-corrected chi connectivity index (χ1v) is 8.10. The fraction of sp³-hybridized carbons (Fsp3) is 1.00. The Morgan fingerprint density at radius 3 is 2.39 bits per heavy atom. The van der Waals surface area contributed by atoms with Crippen LogP contribution in [0.25, 0.3) is 0 Å². The minimum atomic E-state index is 0.199. The summed E-state index contributed by atoms with van der Waals surface area (Å²) in [6, 6.07) is 0.692. The van der Waals surface area contributed by atoms with E-state index in [9.17, 15) is 5.11 Å². The van der Waals surface area contributed by atoms with Crippen LogP contribution in [0.5, 0.6) is 0 Å². The average molecular weight is 253 g/mol. The van der Waals surface area contributed by atoms with Crippen LogP contribution in [0, 0.1) is 11.3 Å². The van der Waals surface area contributed by atoms with E-state index in [1.54, 1.807) is 0 Å². The van der Waals surface area contributed by atoms with E-state index in [0.29, 0.717) is 12.6 Å². The molecule has 18 heavy (non-hydrogen) atoms. The van der Waals surface area contributed by atoms with E-state index in [0.717, 1.165) is 12.5 Å². The molecule has 2 nitrogen and oxygen atoms in total. The lowest BCUT2D eigenvalue weighted by Crippen LogP contribution is -2.45. The number of rotatable bonds is 4. The van der Waals surface area contributed by atoms with Crippen molar-refractivity contribution in [3.05, 3.63) is 0 Å². The molecule has 0 amide bonds. The summed E-state index contributed by atoms with van der Waals surface area (Å²) in [5.74, 6) is 0.812. The molecule has 2 rings (SSSR count). The monoisotopic (exact) mass is 253 g/mol. The van der Waals surface area contributed by atoms with Gasteiger partial charge in [0.05, 0.1) is 0 Å². The lowest BCUT2D eigenvalue weighted by atomic mass is 9.74. The van der Waals surface area contributed by atoms with Crippen LogP contribution >= 0.6 is 0 Å². The van der Waals surface area contributed by atoms with Crippen LogP contribution in [0.4, 0.5) is 0 Å². The molecular formula is C16H31NO.